The zero-order chi connectivity index (χ0) is 13.9. The van der Waals surface area contributed by atoms with Crippen LogP contribution in [-0.2, 0) is 4.74 Å². The van der Waals surface area contributed by atoms with Gasteiger partial charge in [-0.25, -0.2) is 0 Å². The van der Waals surface area contributed by atoms with Gasteiger partial charge in [-0.05, 0) is 14.0 Å². The van der Waals surface area contributed by atoms with Crippen molar-refractivity contribution in [3.8, 4) is 0 Å². The lowest BCUT2D eigenvalue weighted by atomic mass is 9.79. The van der Waals surface area contributed by atoms with Gasteiger partial charge >= 0.3 is 0 Å². The summed E-state index contributed by atoms with van der Waals surface area (Å²) in [7, 11) is 1.79. The van der Waals surface area contributed by atoms with E-state index in [0.717, 1.165) is 5.57 Å². The van der Waals surface area contributed by atoms with Crippen LogP contribution in [0.3, 0.4) is 0 Å². The van der Waals surface area contributed by atoms with Crippen LogP contribution in [0, 0.1) is 11.8 Å². The van der Waals surface area contributed by atoms with Crippen molar-refractivity contribution in [3.63, 3.8) is 0 Å². The molecule has 0 amide bonds. The monoisotopic (exact) mass is 255 g/mol. The minimum Gasteiger partial charge on any atom is -0.401 e. The Bertz CT molecular complexity index is 337. The van der Waals surface area contributed by atoms with Crippen molar-refractivity contribution in [1.82, 2.24) is 5.32 Å². The van der Waals surface area contributed by atoms with E-state index in [0.29, 0.717) is 24.4 Å². The van der Waals surface area contributed by atoms with E-state index in [-0.39, 0.29) is 24.2 Å². The lowest BCUT2D eigenvalue weighted by Crippen LogP contribution is -2.50. The van der Waals surface area contributed by atoms with Crippen molar-refractivity contribution < 1.29 is 4.74 Å². The first-order chi connectivity index (χ1) is 8.38. The molecule has 0 aromatic rings. The minimum atomic E-state index is -0.303. The van der Waals surface area contributed by atoms with Crippen LogP contribution in [0.2, 0.25) is 0 Å². The summed E-state index contributed by atoms with van der Waals surface area (Å²) < 4.78 is 5.48. The van der Waals surface area contributed by atoms with Crippen LogP contribution in [0.1, 0.15) is 13.3 Å². The quantitative estimate of drug-likeness (QED) is 0.328. The lowest BCUT2D eigenvalue weighted by Gasteiger charge is -2.37. The molecule has 0 bridgehead atoms. The summed E-state index contributed by atoms with van der Waals surface area (Å²) in [6.45, 7) is 6.30. The third-order valence-electron chi connectivity index (χ3n) is 3.45. The van der Waals surface area contributed by atoms with Crippen LogP contribution >= 0.6 is 0 Å². The predicted molar refractivity (Wildman–Crippen MR) is 72.8 cm³/mol. The first-order valence-corrected chi connectivity index (χ1v) is 6.07. The number of nitrogens with two attached hydrogens (primary N) is 4. The molecule has 1 aliphatic heterocycles. The van der Waals surface area contributed by atoms with Crippen LogP contribution in [0.25, 0.3) is 0 Å². The van der Waals surface area contributed by atoms with E-state index in [2.05, 4.69) is 11.9 Å². The normalized spacial score (nSPS) is 29.7. The van der Waals surface area contributed by atoms with Gasteiger partial charge in [0.15, 0.2) is 0 Å². The highest BCUT2D eigenvalue weighted by atomic mass is 16.5. The van der Waals surface area contributed by atoms with Crippen LogP contribution < -0.4 is 28.3 Å². The van der Waals surface area contributed by atoms with Crippen molar-refractivity contribution in [2.45, 2.75) is 25.7 Å². The second-order valence-electron chi connectivity index (χ2n) is 4.82. The molecule has 1 saturated heterocycles. The first-order valence-electron chi connectivity index (χ1n) is 6.07. The summed E-state index contributed by atoms with van der Waals surface area (Å²) in [6.07, 6.45) is 0.0293. The standard InChI is InChI=1S/C12H25N5O/c1-6-4-9(14)18-5-8(6)10(12(16)17-3)11(15)7(2)13/h8-10,12,17H,1,4-5,13-16H2,2-3H3/b11-7+. The second kappa shape index (κ2) is 6.19. The molecular formula is C12H25N5O. The molecule has 6 heteroatoms. The van der Waals surface area contributed by atoms with Gasteiger partial charge in [-0.3, -0.25) is 0 Å². The SMILES string of the molecule is C=C1CC(N)OCC1C(/C(N)=C(/C)N)C(N)NC. The van der Waals surface area contributed by atoms with E-state index < -0.39 is 0 Å². The predicted octanol–water partition coefficient (Wildman–Crippen LogP) is -0.867. The van der Waals surface area contributed by atoms with E-state index in [1.165, 1.54) is 0 Å². The summed E-state index contributed by atoms with van der Waals surface area (Å²) in [5.41, 5.74) is 25.8. The van der Waals surface area contributed by atoms with Crippen LogP contribution in [0.15, 0.2) is 23.5 Å². The Morgan fingerprint density at radius 1 is 1.50 bits per heavy atom. The topological polar surface area (TPSA) is 125 Å². The molecule has 18 heavy (non-hydrogen) atoms. The molecule has 4 atom stereocenters. The highest BCUT2D eigenvalue weighted by Gasteiger charge is 2.35. The molecule has 4 unspecified atom stereocenters. The Hall–Kier alpha value is -1.08. The summed E-state index contributed by atoms with van der Waals surface area (Å²) in [4.78, 5) is 0. The van der Waals surface area contributed by atoms with Gasteiger partial charge in [0.25, 0.3) is 0 Å². The van der Waals surface area contributed by atoms with Gasteiger partial charge < -0.3 is 33.0 Å². The van der Waals surface area contributed by atoms with Gasteiger partial charge in [-0.15, -0.1) is 0 Å². The van der Waals surface area contributed by atoms with E-state index in [9.17, 15) is 0 Å². The molecule has 1 aliphatic rings. The number of rotatable bonds is 4. The number of allylic oxidation sites excluding steroid dienone is 1. The van der Waals surface area contributed by atoms with E-state index in [4.69, 9.17) is 27.7 Å². The van der Waals surface area contributed by atoms with Gasteiger partial charge in [-0.1, -0.05) is 12.2 Å². The van der Waals surface area contributed by atoms with Crippen LogP contribution in [0.4, 0.5) is 0 Å². The van der Waals surface area contributed by atoms with Crippen LogP contribution in [0.5, 0.6) is 0 Å². The lowest BCUT2D eigenvalue weighted by molar-refractivity contribution is -0.000164. The molecule has 1 heterocycles. The molecule has 6 nitrogen and oxygen atoms in total. The Labute approximate surface area is 108 Å². The van der Waals surface area contributed by atoms with Crippen molar-refractivity contribution in [3.05, 3.63) is 23.5 Å². The average molecular weight is 255 g/mol. The molecule has 1 rings (SSSR count). The smallest absolute Gasteiger partial charge is 0.109 e. The number of ether oxygens (including phenoxy) is 1. The highest BCUT2D eigenvalue weighted by Crippen LogP contribution is 2.32. The highest BCUT2D eigenvalue weighted by molar-refractivity contribution is 5.19. The van der Waals surface area contributed by atoms with Crippen molar-refractivity contribution in [1.29, 1.82) is 0 Å². The van der Waals surface area contributed by atoms with Gasteiger partial charge in [0, 0.05) is 29.7 Å². The third kappa shape index (κ3) is 3.23. The largest absolute Gasteiger partial charge is 0.401 e. The maximum absolute atomic E-state index is 6.07. The second-order valence-corrected chi connectivity index (χ2v) is 4.82. The van der Waals surface area contributed by atoms with E-state index in [1.807, 2.05) is 0 Å². The number of hydrogen-bond donors (Lipinski definition) is 5. The Balaban J connectivity index is 2.97. The van der Waals surface area contributed by atoms with E-state index >= 15 is 0 Å². The molecule has 104 valence electrons. The third-order valence-corrected chi connectivity index (χ3v) is 3.45. The van der Waals surface area contributed by atoms with Gasteiger partial charge in [0.1, 0.15) is 6.23 Å². The summed E-state index contributed by atoms with van der Waals surface area (Å²) in [5.74, 6) is -0.106. The van der Waals surface area contributed by atoms with Crippen molar-refractivity contribution in [2.24, 2.45) is 34.8 Å². The molecule has 9 N–H and O–H groups in total. The first kappa shape index (κ1) is 15.0. The number of hydrogen-bond acceptors (Lipinski definition) is 6. The minimum absolute atomic E-state index is 0.0331. The maximum atomic E-state index is 6.07. The number of nitrogens with one attached hydrogen (secondary N) is 1. The Morgan fingerprint density at radius 3 is 2.56 bits per heavy atom. The van der Waals surface area contributed by atoms with E-state index in [1.54, 1.807) is 14.0 Å². The Morgan fingerprint density at radius 2 is 2.11 bits per heavy atom. The summed E-state index contributed by atoms with van der Waals surface area (Å²) >= 11 is 0. The zero-order valence-electron chi connectivity index (χ0n) is 11.1. The zero-order valence-corrected chi connectivity index (χ0v) is 11.1. The molecule has 0 saturated carbocycles. The molecule has 0 radical (unpaired) electrons. The molecular weight excluding hydrogens is 230 g/mol. The Kier molecular flexibility index (Phi) is 5.15. The van der Waals surface area contributed by atoms with Gasteiger partial charge in [0.05, 0.1) is 12.8 Å². The van der Waals surface area contributed by atoms with Crippen molar-refractivity contribution in [2.75, 3.05) is 13.7 Å². The fourth-order valence-corrected chi connectivity index (χ4v) is 2.27. The van der Waals surface area contributed by atoms with Gasteiger partial charge in [0.2, 0.25) is 0 Å². The molecule has 0 aliphatic carbocycles. The van der Waals surface area contributed by atoms with Gasteiger partial charge in [-0.2, -0.15) is 0 Å². The summed E-state index contributed by atoms with van der Waals surface area (Å²) in [5, 5.41) is 3.01. The van der Waals surface area contributed by atoms with Crippen LogP contribution in [-0.4, -0.2) is 26.0 Å². The molecule has 0 aromatic heterocycles. The molecule has 0 spiro atoms. The fourth-order valence-electron chi connectivity index (χ4n) is 2.27. The maximum Gasteiger partial charge on any atom is 0.109 e. The van der Waals surface area contributed by atoms with Crippen molar-refractivity contribution >= 4 is 0 Å². The average Bonchev–Trinajstić information content (AvgIpc) is 2.31. The molecule has 1 fully saturated rings. The molecule has 0 aromatic carbocycles. The summed E-state index contributed by atoms with van der Waals surface area (Å²) in [6, 6.07) is 0. The fraction of sp³-hybridized carbons (Fsp3) is 0.667.